The Morgan fingerprint density at radius 1 is 1.29 bits per heavy atom. The molecule has 1 aliphatic rings. The fourth-order valence-electron chi connectivity index (χ4n) is 3.12. The Kier molecular flexibility index (Phi) is 3.16. The highest BCUT2D eigenvalue weighted by Crippen LogP contribution is 2.21. The van der Waals surface area contributed by atoms with Gasteiger partial charge < -0.3 is 4.40 Å². The Labute approximate surface area is 123 Å². The van der Waals surface area contributed by atoms with Gasteiger partial charge in [-0.2, -0.15) is 5.10 Å². The molecule has 6 nitrogen and oxygen atoms in total. The first-order chi connectivity index (χ1) is 10.4. The molecule has 0 bridgehead atoms. The summed E-state index contributed by atoms with van der Waals surface area (Å²) in [4.78, 5) is 11.2. The van der Waals surface area contributed by atoms with Crippen LogP contribution in [0.15, 0.2) is 43.2 Å². The Morgan fingerprint density at radius 3 is 3.14 bits per heavy atom. The summed E-state index contributed by atoms with van der Waals surface area (Å²) in [6.07, 6.45) is 10.0. The molecule has 108 valence electrons. The van der Waals surface area contributed by atoms with Crippen molar-refractivity contribution in [3.8, 4) is 0 Å². The molecule has 6 heteroatoms. The van der Waals surface area contributed by atoms with Gasteiger partial charge in [-0.25, -0.2) is 9.97 Å². The van der Waals surface area contributed by atoms with Gasteiger partial charge in [-0.05, 0) is 31.5 Å². The lowest BCUT2D eigenvalue weighted by Gasteiger charge is -2.23. The molecule has 4 heterocycles. The smallest absolute Gasteiger partial charge is 0.137 e. The molecule has 3 aromatic rings. The van der Waals surface area contributed by atoms with Gasteiger partial charge in [-0.15, -0.1) is 0 Å². The summed E-state index contributed by atoms with van der Waals surface area (Å²) in [5.74, 6) is 0. The van der Waals surface area contributed by atoms with Crippen molar-refractivity contribution in [3.63, 3.8) is 0 Å². The van der Waals surface area contributed by atoms with Crippen LogP contribution in [0, 0.1) is 0 Å². The van der Waals surface area contributed by atoms with Crippen LogP contribution in [0.5, 0.6) is 0 Å². The second-order valence-corrected chi connectivity index (χ2v) is 5.58. The van der Waals surface area contributed by atoms with Gasteiger partial charge in [-0.3, -0.25) is 9.58 Å². The molecule has 0 aromatic carbocycles. The average Bonchev–Trinajstić information content (AvgIpc) is 3.21. The van der Waals surface area contributed by atoms with Crippen LogP contribution >= 0.6 is 0 Å². The van der Waals surface area contributed by atoms with E-state index in [1.165, 1.54) is 12.8 Å². The van der Waals surface area contributed by atoms with Gasteiger partial charge >= 0.3 is 0 Å². The van der Waals surface area contributed by atoms with Crippen molar-refractivity contribution in [2.24, 2.45) is 0 Å². The topological polar surface area (TPSA) is 51.2 Å². The van der Waals surface area contributed by atoms with Crippen LogP contribution in [0.25, 0.3) is 5.65 Å². The summed E-state index contributed by atoms with van der Waals surface area (Å²) < 4.78 is 4.00. The summed E-state index contributed by atoms with van der Waals surface area (Å²) in [5, 5.41) is 4.22. The molecule has 0 N–H and O–H groups in total. The molecule has 0 amide bonds. The number of fused-ring (bicyclic) bond motifs is 1. The highest BCUT2D eigenvalue weighted by Gasteiger charge is 2.25. The maximum Gasteiger partial charge on any atom is 0.137 e. The molecule has 1 aliphatic heterocycles. The van der Waals surface area contributed by atoms with Crippen molar-refractivity contribution in [2.75, 3.05) is 6.54 Å². The molecule has 21 heavy (non-hydrogen) atoms. The number of imidazole rings is 1. The van der Waals surface area contributed by atoms with E-state index < -0.39 is 0 Å². The third-order valence-electron chi connectivity index (χ3n) is 4.14. The number of hydrogen-bond donors (Lipinski definition) is 0. The van der Waals surface area contributed by atoms with E-state index in [1.54, 1.807) is 12.7 Å². The fourth-order valence-corrected chi connectivity index (χ4v) is 3.12. The minimum absolute atomic E-state index is 0.525. The number of nitrogens with zero attached hydrogens (tertiary/aromatic N) is 6. The molecule has 0 spiro atoms. The largest absolute Gasteiger partial charge is 0.307 e. The number of aromatic nitrogens is 5. The molecule has 0 unspecified atom stereocenters. The monoisotopic (exact) mass is 282 g/mol. The van der Waals surface area contributed by atoms with Crippen molar-refractivity contribution in [2.45, 2.75) is 32.0 Å². The molecule has 0 radical (unpaired) electrons. The highest BCUT2D eigenvalue weighted by atomic mass is 15.3. The van der Waals surface area contributed by atoms with Crippen molar-refractivity contribution in [3.05, 3.63) is 48.9 Å². The van der Waals surface area contributed by atoms with Gasteiger partial charge in [0.2, 0.25) is 0 Å². The minimum Gasteiger partial charge on any atom is -0.307 e. The van der Waals surface area contributed by atoms with Crippen LogP contribution in [0.2, 0.25) is 0 Å². The van der Waals surface area contributed by atoms with Crippen LogP contribution in [0.3, 0.4) is 0 Å². The van der Waals surface area contributed by atoms with E-state index in [0.29, 0.717) is 6.04 Å². The standard InChI is InChI=1S/C15H18N6/c1-2-6-20-9-13(18-15(20)5-1)8-19-7-3-4-14(19)10-21-12-16-11-17-21/h1-2,5-6,9,11-12,14H,3-4,7-8,10H2/t14-/m0/s1. The second kappa shape index (κ2) is 5.29. The van der Waals surface area contributed by atoms with E-state index in [-0.39, 0.29) is 0 Å². The second-order valence-electron chi connectivity index (χ2n) is 5.58. The zero-order valence-corrected chi connectivity index (χ0v) is 11.8. The van der Waals surface area contributed by atoms with E-state index in [1.807, 2.05) is 29.1 Å². The van der Waals surface area contributed by atoms with Crippen molar-refractivity contribution >= 4 is 5.65 Å². The lowest BCUT2D eigenvalue weighted by Crippen LogP contribution is -2.32. The van der Waals surface area contributed by atoms with Crippen molar-refractivity contribution < 1.29 is 0 Å². The van der Waals surface area contributed by atoms with Gasteiger partial charge in [0.05, 0.1) is 12.2 Å². The first kappa shape index (κ1) is 12.5. The normalized spacial score (nSPS) is 19.5. The molecule has 1 atom stereocenters. The predicted octanol–water partition coefficient (Wildman–Crippen LogP) is 1.59. The zero-order chi connectivity index (χ0) is 14.1. The third-order valence-corrected chi connectivity index (χ3v) is 4.14. The SMILES string of the molecule is c1ccn2cc(CN3CCC[C@H]3Cn3cncn3)nc2c1. The highest BCUT2D eigenvalue weighted by molar-refractivity contribution is 5.39. The van der Waals surface area contributed by atoms with E-state index in [9.17, 15) is 0 Å². The van der Waals surface area contributed by atoms with Crippen LogP contribution in [0.4, 0.5) is 0 Å². The summed E-state index contributed by atoms with van der Waals surface area (Å²) in [7, 11) is 0. The van der Waals surface area contributed by atoms with Gasteiger partial charge in [-0.1, -0.05) is 6.07 Å². The molecule has 1 fully saturated rings. The summed E-state index contributed by atoms with van der Waals surface area (Å²) in [6, 6.07) is 6.62. The molecular weight excluding hydrogens is 264 g/mol. The molecule has 1 saturated heterocycles. The number of likely N-dealkylation sites (tertiary alicyclic amines) is 1. The van der Waals surface area contributed by atoms with Crippen LogP contribution < -0.4 is 0 Å². The van der Waals surface area contributed by atoms with Gasteiger partial charge in [0.1, 0.15) is 18.3 Å². The van der Waals surface area contributed by atoms with E-state index in [0.717, 1.165) is 31.0 Å². The maximum absolute atomic E-state index is 4.69. The van der Waals surface area contributed by atoms with Crippen LogP contribution in [-0.4, -0.2) is 41.6 Å². The molecular formula is C15H18N6. The molecule has 0 aliphatic carbocycles. The van der Waals surface area contributed by atoms with Crippen LogP contribution in [0.1, 0.15) is 18.5 Å². The molecule has 0 saturated carbocycles. The van der Waals surface area contributed by atoms with E-state index in [2.05, 4.69) is 25.6 Å². The molecule has 3 aromatic heterocycles. The Bertz CT molecular complexity index is 684. The zero-order valence-electron chi connectivity index (χ0n) is 11.8. The Morgan fingerprint density at radius 2 is 2.29 bits per heavy atom. The van der Waals surface area contributed by atoms with E-state index >= 15 is 0 Å². The number of rotatable bonds is 4. The van der Waals surface area contributed by atoms with E-state index in [4.69, 9.17) is 4.98 Å². The summed E-state index contributed by atoms with van der Waals surface area (Å²) in [6.45, 7) is 2.95. The van der Waals surface area contributed by atoms with Crippen molar-refractivity contribution in [1.29, 1.82) is 0 Å². The fraction of sp³-hybridized carbons (Fsp3) is 0.400. The third kappa shape index (κ3) is 2.54. The summed E-state index contributed by atoms with van der Waals surface area (Å²) in [5.41, 5.74) is 2.14. The molecule has 4 rings (SSSR count). The van der Waals surface area contributed by atoms with Gasteiger partial charge in [0.15, 0.2) is 0 Å². The average molecular weight is 282 g/mol. The first-order valence-electron chi connectivity index (χ1n) is 7.37. The quantitative estimate of drug-likeness (QED) is 0.729. The van der Waals surface area contributed by atoms with Gasteiger partial charge in [0, 0.05) is 25.0 Å². The summed E-state index contributed by atoms with van der Waals surface area (Å²) >= 11 is 0. The predicted molar refractivity (Wildman–Crippen MR) is 78.6 cm³/mol. The first-order valence-corrected chi connectivity index (χ1v) is 7.37. The number of pyridine rings is 1. The Hall–Kier alpha value is -2.21. The van der Waals surface area contributed by atoms with Crippen LogP contribution in [-0.2, 0) is 13.1 Å². The van der Waals surface area contributed by atoms with Gasteiger partial charge in [0.25, 0.3) is 0 Å². The lowest BCUT2D eigenvalue weighted by atomic mass is 10.2. The van der Waals surface area contributed by atoms with Crippen molar-refractivity contribution in [1.82, 2.24) is 29.0 Å². The lowest BCUT2D eigenvalue weighted by molar-refractivity contribution is 0.217. The Balaban J connectivity index is 1.49. The minimum atomic E-state index is 0.525. The number of hydrogen-bond acceptors (Lipinski definition) is 4. The maximum atomic E-state index is 4.69.